The van der Waals surface area contributed by atoms with E-state index in [4.69, 9.17) is 9.47 Å². The van der Waals surface area contributed by atoms with Crippen LogP contribution in [0.3, 0.4) is 0 Å². The number of amides is 2. The van der Waals surface area contributed by atoms with Crippen LogP contribution in [0.4, 0.5) is 0 Å². The van der Waals surface area contributed by atoms with Gasteiger partial charge in [0.25, 0.3) is 0 Å². The minimum atomic E-state index is -0.417. The third kappa shape index (κ3) is 5.93. The molecule has 3 rings (SSSR count). The molecular weight excluding hydrogens is 370 g/mol. The zero-order valence-electron chi connectivity index (χ0n) is 17.6. The topological polar surface area (TPSA) is 71.1 Å². The van der Waals surface area contributed by atoms with Crippen molar-refractivity contribution in [2.45, 2.75) is 38.8 Å². The van der Waals surface area contributed by atoms with Gasteiger partial charge in [-0.2, -0.15) is 0 Å². The Kier molecular flexibility index (Phi) is 7.89. The third-order valence-electron chi connectivity index (χ3n) is 5.80. The van der Waals surface area contributed by atoms with Gasteiger partial charge in [0.2, 0.25) is 11.8 Å². The molecule has 0 radical (unpaired) electrons. The maximum absolute atomic E-state index is 12.9. The van der Waals surface area contributed by atoms with Gasteiger partial charge in [-0.3, -0.25) is 14.5 Å². The highest BCUT2D eigenvalue weighted by atomic mass is 16.5. The fourth-order valence-electron chi connectivity index (χ4n) is 4.14. The summed E-state index contributed by atoms with van der Waals surface area (Å²) >= 11 is 0. The zero-order valence-corrected chi connectivity index (χ0v) is 17.6. The molecule has 2 aliphatic heterocycles. The maximum Gasteiger partial charge on any atom is 0.237 e. The lowest BCUT2D eigenvalue weighted by Crippen LogP contribution is -2.56. The van der Waals surface area contributed by atoms with Crippen LogP contribution in [0.1, 0.15) is 31.7 Å². The van der Waals surface area contributed by atoms with Crippen molar-refractivity contribution in [3.63, 3.8) is 0 Å². The van der Waals surface area contributed by atoms with Crippen LogP contribution in [0.15, 0.2) is 24.3 Å². The van der Waals surface area contributed by atoms with E-state index in [0.29, 0.717) is 25.6 Å². The number of benzene rings is 1. The predicted molar refractivity (Wildman–Crippen MR) is 111 cm³/mol. The van der Waals surface area contributed by atoms with Crippen molar-refractivity contribution < 1.29 is 19.1 Å². The quantitative estimate of drug-likeness (QED) is 0.715. The molecular formula is C22H33N3O4. The molecule has 0 saturated carbocycles. The SMILES string of the molecule is CCOc1ccc(CN2CCNC(=O)C2CC(=O)N2CCC(COC)CC2)cc1. The molecule has 1 unspecified atom stereocenters. The number of likely N-dealkylation sites (tertiary alicyclic amines) is 1. The smallest absolute Gasteiger partial charge is 0.237 e. The van der Waals surface area contributed by atoms with Gasteiger partial charge in [0.05, 0.1) is 19.1 Å². The van der Waals surface area contributed by atoms with Gasteiger partial charge in [0.15, 0.2) is 0 Å². The lowest BCUT2D eigenvalue weighted by Gasteiger charge is -2.37. The number of hydrogen-bond acceptors (Lipinski definition) is 5. The van der Waals surface area contributed by atoms with E-state index in [2.05, 4.69) is 10.2 Å². The number of rotatable bonds is 8. The summed E-state index contributed by atoms with van der Waals surface area (Å²) in [6.45, 7) is 6.85. The van der Waals surface area contributed by atoms with E-state index in [-0.39, 0.29) is 18.2 Å². The first-order valence-electron chi connectivity index (χ1n) is 10.6. The summed E-state index contributed by atoms with van der Waals surface area (Å²) < 4.78 is 10.7. The molecule has 2 aliphatic rings. The molecule has 2 amide bonds. The average molecular weight is 404 g/mol. The highest BCUT2D eigenvalue weighted by Gasteiger charge is 2.33. The van der Waals surface area contributed by atoms with Gasteiger partial charge < -0.3 is 19.7 Å². The summed E-state index contributed by atoms with van der Waals surface area (Å²) in [6.07, 6.45) is 2.16. The number of nitrogens with one attached hydrogen (secondary N) is 1. The molecule has 2 fully saturated rings. The van der Waals surface area contributed by atoms with Crippen LogP contribution in [-0.2, 0) is 20.9 Å². The number of carbonyl (C=O) groups is 2. The molecule has 1 aromatic rings. The van der Waals surface area contributed by atoms with Gasteiger partial charge in [-0.1, -0.05) is 12.1 Å². The minimum Gasteiger partial charge on any atom is -0.494 e. The van der Waals surface area contributed by atoms with Crippen LogP contribution in [0.2, 0.25) is 0 Å². The number of hydrogen-bond donors (Lipinski definition) is 1. The summed E-state index contributed by atoms with van der Waals surface area (Å²) in [5.74, 6) is 1.39. The minimum absolute atomic E-state index is 0.0511. The summed E-state index contributed by atoms with van der Waals surface area (Å²) in [5, 5.41) is 2.92. The van der Waals surface area contributed by atoms with E-state index in [1.165, 1.54) is 0 Å². The molecule has 0 aliphatic carbocycles. The largest absolute Gasteiger partial charge is 0.494 e. The number of piperidine rings is 1. The Morgan fingerprint density at radius 3 is 2.55 bits per heavy atom. The van der Waals surface area contributed by atoms with Crippen molar-refractivity contribution in [1.29, 1.82) is 0 Å². The lowest BCUT2D eigenvalue weighted by atomic mass is 9.97. The van der Waals surface area contributed by atoms with E-state index in [0.717, 1.165) is 50.4 Å². The molecule has 160 valence electrons. The first kappa shape index (κ1) is 21.6. The molecule has 1 N–H and O–H groups in total. The summed E-state index contributed by atoms with van der Waals surface area (Å²) in [4.78, 5) is 29.4. The van der Waals surface area contributed by atoms with Crippen LogP contribution >= 0.6 is 0 Å². The molecule has 0 spiro atoms. The summed E-state index contributed by atoms with van der Waals surface area (Å²) in [6, 6.07) is 7.54. The first-order chi connectivity index (χ1) is 14.1. The third-order valence-corrected chi connectivity index (χ3v) is 5.80. The Hall–Kier alpha value is -2.12. The second kappa shape index (κ2) is 10.6. The van der Waals surface area contributed by atoms with Gasteiger partial charge in [0, 0.05) is 46.4 Å². The summed E-state index contributed by atoms with van der Waals surface area (Å²) in [7, 11) is 1.72. The normalized spacial score (nSPS) is 21.1. The monoisotopic (exact) mass is 403 g/mol. The van der Waals surface area contributed by atoms with Crippen LogP contribution in [0.5, 0.6) is 5.75 Å². The predicted octanol–water partition coefficient (Wildman–Crippen LogP) is 1.66. The molecule has 2 saturated heterocycles. The van der Waals surface area contributed by atoms with Gasteiger partial charge >= 0.3 is 0 Å². The van der Waals surface area contributed by atoms with Crippen LogP contribution in [0.25, 0.3) is 0 Å². The van der Waals surface area contributed by atoms with Crippen molar-refractivity contribution in [3.05, 3.63) is 29.8 Å². The average Bonchev–Trinajstić information content (AvgIpc) is 2.73. The van der Waals surface area contributed by atoms with Gasteiger partial charge in [-0.25, -0.2) is 0 Å². The fourth-order valence-corrected chi connectivity index (χ4v) is 4.14. The van der Waals surface area contributed by atoms with Crippen LogP contribution in [-0.4, -0.2) is 74.2 Å². The number of ether oxygens (including phenoxy) is 2. The van der Waals surface area contributed by atoms with Crippen molar-refractivity contribution in [2.75, 3.05) is 46.5 Å². The molecule has 7 heteroatoms. The Morgan fingerprint density at radius 1 is 1.17 bits per heavy atom. The maximum atomic E-state index is 12.9. The highest BCUT2D eigenvalue weighted by Crippen LogP contribution is 2.21. The molecule has 1 aromatic carbocycles. The van der Waals surface area contributed by atoms with Gasteiger partial charge in [-0.15, -0.1) is 0 Å². The van der Waals surface area contributed by atoms with Crippen molar-refractivity contribution in [1.82, 2.24) is 15.1 Å². The molecule has 29 heavy (non-hydrogen) atoms. The van der Waals surface area contributed by atoms with Crippen LogP contribution < -0.4 is 10.1 Å². The number of methoxy groups -OCH3 is 1. The second-order valence-corrected chi connectivity index (χ2v) is 7.84. The molecule has 0 bridgehead atoms. The number of nitrogens with zero attached hydrogens (tertiary/aromatic N) is 2. The first-order valence-corrected chi connectivity index (χ1v) is 10.6. The van der Waals surface area contributed by atoms with Gasteiger partial charge in [0.1, 0.15) is 5.75 Å². The Labute approximate surface area is 173 Å². The molecule has 0 aromatic heterocycles. The number of carbonyl (C=O) groups excluding carboxylic acids is 2. The number of piperazine rings is 1. The van der Waals surface area contributed by atoms with Crippen molar-refractivity contribution >= 4 is 11.8 Å². The Balaban J connectivity index is 1.58. The molecule has 2 heterocycles. The van der Waals surface area contributed by atoms with Crippen molar-refractivity contribution in [3.8, 4) is 5.75 Å². The Morgan fingerprint density at radius 2 is 1.90 bits per heavy atom. The van der Waals surface area contributed by atoms with E-state index in [1.54, 1.807) is 7.11 Å². The molecule has 1 atom stereocenters. The zero-order chi connectivity index (χ0) is 20.6. The molecule has 7 nitrogen and oxygen atoms in total. The highest BCUT2D eigenvalue weighted by molar-refractivity contribution is 5.88. The van der Waals surface area contributed by atoms with Crippen molar-refractivity contribution in [2.24, 2.45) is 5.92 Å². The lowest BCUT2D eigenvalue weighted by molar-refractivity contribution is -0.140. The van der Waals surface area contributed by atoms with E-state index in [9.17, 15) is 9.59 Å². The van der Waals surface area contributed by atoms with E-state index >= 15 is 0 Å². The Bertz CT molecular complexity index is 671. The standard InChI is InChI=1S/C22H33N3O4/c1-3-29-19-6-4-17(5-7-19)15-25-13-10-23-22(27)20(25)14-21(26)24-11-8-18(9-12-24)16-28-2/h4-7,18,20H,3,8-16H2,1-2H3,(H,23,27). The van der Waals surface area contributed by atoms with E-state index in [1.807, 2.05) is 36.1 Å². The van der Waals surface area contributed by atoms with E-state index < -0.39 is 6.04 Å². The fraction of sp³-hybridized carbons (Fsp3) is 0.636. The summed E-state index contributed by atoms with van der Waals surface area (Å²) in [5.41, 5.74) is 1.11. The van der Waals surface area contributed by atoms with Gasteiger partial charge in [-0.05, 0) is 43.4 Å². The van der Waals surface area contributed by atoms with Crippen LogP contribution in [0, 0.1) is 5.92 Å². The second-order valence-electron chi connectivity index (χ2n) is 7.84.